The van der Waals surface area contributed by atoms with Crippen molar-refractivity contribution >= 4 is 32.7 Å². The van der Waals surface area contributed by atoms with Crippen LogP contribution in [0.4, 0.5) is 11.8 Å². The van der Waals surface area contributed by atoms with Gasteiger partial charge in [0.2, 0.25) is 16.0 Å². The SMILES string of the molecule is CS(=O)(=O)NC[C@H]1CC[C@H](CNc2nc(N)c3ccccc3n2)CC1. The van der Waals surface area contributed by atoms with Crippen LogP contribution in [-0.4, -0.2) is 37.7 Å². The van der Waals surface area contributed by atoms with Crippen molar-refractivity contribution in [3.05, 3.63) is 24.3 Å². The number of hydrogen-bond donors (Lipinski definition) is 3. The summed E-state index contributed by atoms with van der Waals surface area (Å²) in [5.74, 6) is 2.03. The minimum Gasteiger partial charge on any atom is -0.383 e. The molecule has 4 N–H and O–H groups in total. The maximum Gasteiger partial charge on any atom is 0.225 e. The summed E-state index contributed by atoms with van der Waals surface area (Å²) < 4.78 is 25.0. The summed E-state index contributed by atoms with van der Waals surface area (Å²) in [7, 11) is -3.10. The van der Waals surface area contributed by atoms with Gasteiger partial charge in [-0.3, -0.25) is 0 Å². The lowest BCUT2D eigenvalue weighted by Crippen LogP contribution is -2.31. The number of nitrogens with zero attached hydrogens (tertiary/aromatic N) is 2. The minimum atomic E-state index is -3.10. The van der Waals surface area contributed by atoms with E-state index < -0.39 is 10.0 Å². The summed E-state index contributed by atoms with van der Waals surface area (Å²) >= 11 is 0. The highest BCUT2D eigenvalue weighted by Crippen LogP contribution is 2.28. The number of nitrogens with two attached hydrogens (primary N) is 1. The standard InChI is InChI=1S/C17H25N5O2S/c1-25(23,24)20-11-13-8-6-12(7-9-13)10-19-17-21-15-5-3-2-4-14(15)16(18)22-17/h2-5,12-13,20H,6-11H2,1H3,(H3,18,19,21,22)/t12-,13-. The molecule has 0 radical (unpaired) electrons. The molecule has 1 aliphatic rings. The van der Waals surface area contributed by atoms with E-state index in [2.05, 4.69) is 20.0 Å². The number of nitrogen functional groups attached to an aromatic ring is 1. The van der Waals surface area contributed by atoms with Crippen LogP contribution in [0, 0.1) is 11.8 Å². The van der Waals surface area contributed by atoms with Gasteiger partial charge in [-0.25, -0.2) is 18.1 Å². The third-order valence-electron chi connectivity index (χ3n) is 4.78. The molecule has 0 unspecified atom stereocenters. The van der Waals surface area contributed by atoms with Crippen LogP contribution < -0.4 is 15.8 Å². The van der Waals surface area contributed by atoms with Gasteiger partial charge in [-0.1, -0.05) is 12.1 Å². The van der Waals surface area contributed by atoms with Crippen LogP contribution in [0.2, 0.25) is 0 Å². The van der Waals surface area contributed by atoms with E-state index in [1.807, 2.05) is 24.3 Å². The van der Waals surface area contributed by atoms with E-state index in [-0.39, 0.29) is 0 Å². The van der Waals surface area contributed by atoms with Gasteiger partial charge in [-0.15, -0.1) is 0 Å². The van der Waals surface area contributed by atoms with Crippen molar-refractivity contribution < 1.29 is 8.42 Å². The van der Waals surface area contributed by atoms with E-state index in [1.165, 1.54) is 6.26 Å². The number of rotatable bonds is 6. The van der Waals surface area contributed by atoms with Crippen molar-refractivity contribution in [1.29, 1.82) is 0 Å². The Bertz CT molecular complexity index is 832. The molecule has 1 aliphatic carbocycles. The Morgan fingerprint density at radius 2 is 1.72 bits per heavy atom. The maximum absolute atomic E-state index is 11.2. The highest BCUT2D eigenvalue weighted by atomic mass is 32.2. The van der Waals surface area contributed by atoms with Gasteiger partial charge in [0.05, 0.1) is 11.8 Å². The number of benzene rings is 1. The Morgan fingerprint density at radius 3 is 2.40 bits per heavy atom. The number of para-hydroxylation sites is 1. The first-order chi connectivity index (χ1) is 11.9. The predicted octanol–water partition coefficient (Wildman–Crippen LogP) is 1.98. The molecular formula is C17H25N5O2S. The van der Waals surface area contributed by atoms with Gasteiger partial charge >= 0.3 is 0 Å². The fourth-order valence-electron chi connectivity index (χ4n) is 3.32. The largest absolute Gasteiger partial charge is 0.383 e. The molecule has 8 heteroatoms. The van der Waals surface area contributed by atoms with Crippen LogP contribution in [0.1, 0.15) is 25.7 Å². The average Bonchev–Trinajstić information content (AvgIpc) is 2.58. The summed E-state index contributed by atoms with van der Waals surface area (Å²) in [6.45, 7) is 1.35. The van der Waals surface area contributed by atoms with Crippen molar-refractivity contribution in [2.24, 2.45) is 11.8 Å². The van der Waals surface area contributed by atoms with E-state index >= 15 is 0 Å². The lowest BCUT2D eigenvalue weighted by atomic mass is 9.82. The third kappa shape index (κ3) is 5.02. The quantitative estimate of drug-likeness (QED) is 0.724. The Labute approximate surface area is 148 Å². The molecule has 0 saturated heterocycles. The number of fused-ring (bicyclic) bond motifs is 1. The van der Waals surface area contributed by atoms with Crippen molar-refractivity contribution in [3.8, 4) is 0 Å². The van der Waals surface area contributed by atoms with Gasteiger partial charge in [-0.05, 0) is 49.7 Å². The number of aromatic nitrogens is 2. The Hall–Kier alpha value is -1.93. The zero-order chi connectivity index (χ0) is 17.9. The first-order valence-electron chi connectivity index (χ1n) is 8.61. The van der Waals surface area contributed by atoms with Crippen molar-refractivity contribution in [2.45, 2.75) is 25.7 Å². The molecule has 0 aliphatic heterocycles. The molecule has 1 aromatic carbocycles. The molecule has 7 nitrogen and oxygen atoms in total. The van der Waals surface area contributed by atoms with E-state index in [1.54, 1.807) is 0 Å². The van der Waals surface area contributed by atoms with Gasteiger partial charge in [0.1, 0.15) is 5.82 Å². The monoisotopic (exact) mass is 363 g/mol. The molecule has 25 heavy (non-hydrogen) atoms. The number of sulfonamides is 1. The highest BCUT2D eigenvalue weighted by Gasteiger charge is 2.22. The van der Waals surface area contributed by atoms with Crippen molar-refractivity contribution in [3.63, 3.8) is 0 Å². The molecule has 0 atom stereocenters. The third-order valence-corrected chi connectivity index (χ3v) is 5.47. The first kappa shape index (κ1) is 17.9. The Balaban J connectivity index is 1.50. The lowest BCUT2D eigenvalue weighted by molar-refractivity contribution is 0.284. The fraction of sp³-hybridized carbons (Fsp3) is 0.529. The zero-order valence-electron chi connectivity index (χ0n) is 14.4. The van der Waals surface area contributed by atoms with Crippen molar-refractivity contribution in [1.82, 2.24) is 14.7 Å². The Kier molecular flexibility index (Phi) is 5.39. The topological polar surface area (TPSA) is 110 Å². The van der Waals surface area contributed by atoms with Gasteiger partial charge in [0.15, 0.2) is 0 Å². The molecule has 136 valence electrons. The second kappa shape index (κ2) is 7.53. The van der Waals surface area contributed by atoms with Gasteiger partial charge in [-0.2, -0.15) is 4.98 Å². The molecule has 0 amide bonds. The Morgan fingerprint density at radius 1 is 1.08 bits per heavy atom. The van der Waals surface area contributed by atoms with Crippen LogP contribution in [0.25, 0.3) is 10.9 Å². The van der Waals surface area contributed by atoms with Gasteiger partial charge in [0.25, 0.3) is 0 Å². The molecule has 1 saturated carbocycles. The second-order valence-corrected chi connectivity index (χ2v) is 8.67. The van der Waals surface area contributed by atoms with Crippen LogP contribution >= 0.6 is 0 Å². The smallest absolute Gasteiger partial charge is 0.225 e. The van der Waals surface area contributed by atoms with Crippen LogP contribution in [0.15, 0.2) is 24.3 Å². The number of hydrogen-bond acceptors (Lipinski definition) is 6. The lowest BCUT2D eigenvalue weighted by Gasteiger charge is -2.28. The van der Waals surface area contributed by atoms with Crippen LogP contribution in [0.5, 0.6) is 0 Å². The average molecular weight is 363 g/mol. The van der Waals surface area contributed by atoms with E-state index in [9.17, 15) is 8.42 Å². The maximum atomic E-state index is 11.2. The van der Waals surface area contributed by atoms with E-state index in [0.29, 0.717) is 30.1 Å². The molecule has 0 bridgehead atoms. The van der Waals surface area contributed by atoms with Crippen molar-refractivity contribution in [2.75, 3.05) is 30.4 Å². The van der Waals surface area contributed by atoms with Crippen LogP contribution in [0.3, 0.4) is 0 Å². The summed E-state index contributed by atoms with van der Waals surface area (Å²) in [6.07, 6.45) is 5.43. The fourth-order valence-corrected chi connectivity index (χ4v) is 3.86. The summed E-state index contributed by atoms with van der Waals surface area (Å²) in [6, 6.07) is 7.70. The van der Waals surface area contributed by atoms with Gasteiger partial charge in [0, 0.05) is 18.5 Å². The molecule has 1 aromatic heterocycles. The highest BCUT2D eigenvalue weighted by molar-refractivity contribution is 7.88. The molecule has 3 rings (SSSR count). The number of nitrogens with one attached hydrogen (secondary N) is 2. The molecule has 1 heterocycles. The van der Waals surface area contributed by atoms with Gasteiger partial charge < -0.3 is 11.1 Å². The summed E-state index contributed by atoms with van der Waals surface area (Å²) in [5.41, 5.74) is 6.85. The minimum absolute atomic E-state index is 0.429. The summed E-state index contributed by atoms with van der Waals surface area (Å²) in [4.78, 5) is 8.85. The molecule has 0 spiro atoms. The normalized spacial score (nSPS) is 21.3. The molecule has 1 fully saturated rings. The van der Waals surface area contributed by atoms with E-state index in [0.717, 1.165) is 43.1 Å². The van der Waals surface area contributed by atoms with Crippen LogP contribution in [-0.2, 0) is 10.0 Å². The zero-order valence-corrected chi connectivity index (χ0v) is 15.2. The predicted molar refractivity (Wildman–Crippen MR) is 101 cm³/mol. The second-order valence-electron chi connectivity index (χ2n) is 6.84. The first-order valence-corrected chi connectivity index (χ1v) is 10.5. The molecule has 2 aromatic rings. The number of anilines is 2. The summed E-state index contributed by atoms with van der Waals surface area (Å²) in [5, 5.41) is 4.17. The molecular weight excluding hydrogens is 338 g/mol. The van der Waals surface area contributed by atoms with E-state index in [4.69, 9.17) is 5.73 Å².